The highest BCUT2D eigenvalue weighted by Crippen LogP contribution is 2.62. The number of benzene rings is 1. The summed E-state index contributed by atoms with van der Waals surface area (Å²) in [5.74, 6) is 1.60. The predicted molar refractivity (Wildman–Crippen MR) is 78.5 cm³/mol. The predicted octanol–water partition coefficient (Wildman–Crippen LogP) is 4.57. The van der Waals surface area contributed by atoms with Crippen LogP contribution in [0.1, 0.15) is 56.6 Å². The van der Waals surface area contributed by atoms with Gasteiger partial charge >= 0.3 is 0 Å². The molecule has 0 spiro atoms. The molecule has 114 valence electrons. The molecule has 5 rings (SSSR count). The summed E-state index contributed by atoms with van der Waals surface area (Å²) in [6.45, 7) is 0. The van der Waals surface area contributed by atoms with Crippen molar-refractivity contribution in [2.24, 2.45) is 28.9 Å². The molecule has 1 nitrogen and oxygen atoms in total. The van der Waals surface area contributed by atoms with E-state index in [-0.39, 0.29) is 6.04 Å². The van der Waals surface area contributed by atoms with E-state index in [0.29, 0.717) is 11.0 Å². The van der Waals surface area contributed by atoms with Crippen molar-refractivity contribution >= 4 is 0 Å². The van der Waals surface area contributed by atoms with E-state index in [1.54, 1.807) is 0 Å². The van der Waals surface area contributed by atoms with E-state index in [9.17, 15) is 8.78 Å². The van der Waals surface area contributed by atoms with Gasteiger partial charge in [-0.2, -0.15) is 0 Å². The third-order valence-corrected chi connectivity index (χ3v) is 6.13. The second-order valence-electron chi connectivity index (χ2n) is 7.93. The maximum Gasteiger partial charge on any atom is 0.126 e. The maximum atomic E-state index is 13.4. The van der Waals surface area contributed by atoms with Gasteiger partial charge in [0.2, 0.25) is 0 Å². The Bertz CT molecular complexity index is 499. The molecule has 0 aliphatic heterocycles. The van der Waals surface area contributed by atoms with Crippen molar-refractivity contribution in [2.75, 3.05) is 0 Å². The fraction of sp³-hybridized carbons (Fsp3) is 0.667. The molecule has 0 heterocycles. The topological polar surface area (TPSA) is 26.0 Å². The van der Waals surface area contributed by atoms with Crippen LogP contribution >= 0.6 is 0 Å². The van der Waals surface area contributed by atoms with Crippen LogP contribution in [-0.4, -0.2) is 0 Å². The Morgan fingerprint density at radius 1 is 0.952 bits per heavy atom. The summed E-state index contributed by atoms with van der Waals surface area (Å²) < 4.78 is 26.8. The highest BCUT2D eigenvalue weighted by Gasteiger charge is 2.51. The summed E-state index contributed by atoms with van der Waals surface area (Å²) in [6.07, 6.45) is 8.95. The summed E-state index contributed by atoms with van der Waals surface area (Å²) in [5, 5.41) is 0. The van der Waals surface area contributed by atoms with Crippen LogP contribution in [0.15, 0.2) is 18.2 Å². The molecule has 21 heavy (non-hydrogen) atoms. The van der Waals surface area contributed by atoms with Gasteiger partial charge in [-0.25, -0.2) is 8.78 Å². The zero-order valence-corrected chi connectivity index (χ0v) is 12.3. The molecule has 0 amide bonds. The van der Waals surface area contributed by atoms with Crippen molar-refractivity contribution in [1.82, 2.24) is 0 Å². The number of nitrogens with two attached hydrogens (primary N) is 1. The van der Waals surface area contributed by atoms with Gasteiger partial charge in [-0.1, -0.05) is 0 Å². The van der Waals surface area contributed by atoms with Crippen LogP contribution in [0.2, 0.25) is 0 Å². The van der Waals surface area contributed by atoms with E-state index in [1.807, 2.05) is 0 Å². The Labute approximate surface area is 124 Å². The zero-order valence-electron chi connectivity index (χ0n) is 12.3. The normalized spacial score (nSPS) is 38.7. The average Bonchev–Trinajstić information content (AvgIpc) is 2.35. The molecule has 1 aromatic rings. The quantitative estimate of drug-likeness (QED) is 0.867. The van der Waals surface area contributed by atoms with Gasteiger partial charge in [0.1, 0.15) is 11.6 Å². The van der Waals surface area contributed by atoms with Crippen LogP contribution in [0.25, 0.3) is 0 Å². The minimum atomic E-state index is -0.522. The first-order chi connectivity index (χ1) is 10.0. The van der Waals surface area contributed by atoms with Crippen LogP contribution in [0.3, 0.4) is 0 Å². The molecule has 0 aromatic heterocycles. The van der Waals surface area contributed by atoms with Crippen LogP contribution in [0.4, 0.5) is 8.78 Å². The molecule has 4 bridgehead atoms. The average molecular weight is 291 g/mol. The van der Waals surface area contributed by atoms with Crippen molar-refractivity contribution in [3.8, 4) is 0 Å². The summed E-state index contributed by atoms with van der Waals surface area (Å²) >= 11 is 0. The summed E-state index contributed by atoms with van der Waals surface area (Å²) in [7, 11) is 0. The second-order valence-corrected chi connectivity index (χ2v) is 7.93. The molecule has 4 fully saturated rings. The minimum absolute atomic E-state index is 0.244. The molecule has 1 unspecified atom stereocenters. The summed E-state index contributed by atoms with van der Waals surface area (Å²) in [5.41, 5.74) is 7.28. The first-order valence-electron chi connectivity index (χ1n) is 8.23. The van der Waals surface area contributed by atoms with Gasteiger partial charge in [0.05, 0.1) is 0 Å². The Hall–Kier alpha value is -0.960. The number of hydrogen-bond acceptors (Lipinski definition) is 1. The van der Waals surface area contributed by atoms with Gasteiger partial charge in [0.25, 0.3) is 0 Å². The molecule has 3 heteroatoms. The van der Waals surface area contributed by atoms with Gasteiger partial charge in [0.15, 0.2) is 0 Å². The van der Waals surface area contributed by atoms with Gasteiger partial charge in [-0.05, 0) is 85.8 Å². The molecule has 0 saturated heterocycles. The lowest BCUT2D eigenvalue weighted by Gasteiger charge is -2.57. The third kappa shape index (κ3) is 2.50. The fourth-order valence-corrected chi connectivity index (χ4v) is 5.91. The third-order valence-electron chi connectivity index (χ3n) is 6.13. The number of halogens is 2. The fourth-order valence-electron chi connectivity index (χ4n) is 5.91. The molecular weight excluding hydrogens is 268 g/mol. The zero-order chi connectivity index (χ0) is 14.6. The lowest BCUT2D eigenvalue weighted by atomic mass is 9.48. The van der Waals surface area contributed by atoms with E-state index in [1.165, 1.54) is 50.7 Å². The Kier molecular flexibility index (Phi) is 3.11. The second kappa shape index (κ2) is 4.77. The van der Waals surface area contributed by atoms with Crippen LogP contribution in [0, 0.1) is 34.8 Å². The number of rotatable bonds is 3. The SMILES string of the molecule is NC(CC12CC3CC(CC(C3)C1)C2)c1cc(F)cc(F)c1. The largest absolute Gasteiger partial charge is 0.324 e. The van der Waals surface area contributed by atoms with Crippen molar-refractivity contribution in [2.45, 2.75) is 51.0 Å². The molecule has 1 atom stereocenters. The Balaban J connectivity index is 1.55. The molecule has 1 aromatic carbocycles. The first kappa shape index (κ1) is 13.7. The van der Waals surface area contributed by atoms with Gasteiger partial charge < -0.3 is 5.73 Å². The van der Waals surface area contributed by atoms with Crippen LogP contribution < -0.4 is 5.73 Å². The van der Waals surface area contributed by atoms with E-state index >= 15 is 0 Å². The molecule has 0 radical (unpaired) electrons. The summed E-state index contributed by atoms with van der Waals surface area (Å²) in [4.78, 5) is 0. The van der Waals surface area contributed by atoms with Gasteiger partial charge in [-0.3, -0.25) is 0 Å². The lowest BCUT2D eigenvalue weighted by molar-refractivity contribution is -0.0605. The van der Waals surface area contributed by atoms with E-state index in [0.717, 1.165) is 30.2 Å². The van der Waals surface area contributed by atoms with Crippen LogP contribution in [-0.2, 0) is 0 Å². The smallest absolute Gasteiger partial charge is 0.126 e. The summed E-state index contributed by atoms with van der Waals surface area (Å²) in [6, 6.07) is 3.47. The van der Waals surface area contributed by atoms with Gasteiger partial charge in [0, 0.05) is 12.1 Å². The standard InChI is InChI=1S/C18H23F2N/c19-15-4-14(5-16(20)6-15)17(21)10-18-7-11-1-12(8-18)3-13(2-11)9-18/h4-6,11-13,17H,1-3,7-10,21H2. The molecule has 4 aliphatic carbocycles. The molecule has 4 saturated carbocycles. The molecular formula is C18H23F2N. The number of hydrogen-bond donors (Lipinski definition) is 1. The molecule has 4 aliphatic rings. The van der Waals surface area contributed by atoms with Crippen molar-refractivity contribution in [3.63, 3.8) is 0 Å². The van der Waals surface area contributed by atoms with Crippen molar-refractivity contribution in [3.05, 3.63) is 35.4 Å². The van der Waals surface area contributed by atoms with Crippen molar-refractivity contribution < 1.29 is 8.78 Å². The van der Waals surface area contributed by atoms with E-state index in [2.05, 4.69) is 0 Å². The van der Waals surface area contributed by atoms with E-state index < -0.39 is 11.6 Å². The highest BCUT2D eigenvalue weighted by atomic mass is 19.1. The highest BCUT2D eigenvalue weighted by molar-refractivity contribution is 5.22. The maximum absolute atomic E-state index is 13.4. The van der Waals surface area contributed by atoms with Crippen LogP contribution in [0.5, 0.6) is 0 Å². The first-order valence-corrected chi connectivity index (χ1v) is 8.23. The Morgan fingerprint density at radius 2 is 1.43 bits per heavy atom. The lowest BCUT2D eigenvalue weighted by Crippen LogP contribution is -2.47. The molecule has 2 N–H and O–H groups in total. The van der Waals surface area contributed by atoms with Crippen molar-refractivity contribution in [1.29, 1.82) is 0 Å². The monoisotopic (exact) mass is 291 g/mol. The van der Waals surface area contributed by atoms with Gasteiger partial charge in [-0.15, -0.1) is 0 Å². The van der Waals surface area contributed by atoms with E-state index in [4.69, 9.17) is 5.73 Å². The Morgan fingerprint density at radius 3 is 1.90 bits per heavy atom. The minimum Gasteiger partial charge on any atom is -0.324 e.